The van der Waals surface area contributed by atoms with Gasteiger partial charge in [0, 0.05) is 27.5 Å². The molecule has 0 saturated carbocycles. The molecule has 204 valence electrons. The van der Waals surface area contributed by atoms with Crippen LogP contribution in [0.5, 0.6) is 5.75 Å². The quantitative estimate of drug-likeness (QED) is 0.283. The number of dihydropyridines is 1. The van der Waals surface area contributed by atoms with E-state index in [-0.39, 0.29) is 28.4 Å². The van der Waals surface area contributed by atoms with E-state index in [1.54, 1.807) is 61.5 Å². The third kappa shape index (κ3) is 6.30. The molecule has 7 nitrogen and oxygen atoms in total. The Morgan fingerprint density at radius 2 is 1.82 bits per heavy atom. The lowest BCUT2D eigenvalue weighted by Crippen LogP contribution is -2.31. The van der Waals surface area contributed by atoms with E-state index in [0.29, 0.717) is 32.9 Å². The normalized spacial score (nSPS) is 14.8. The molecular formula is C30H26ClFN4O3S. The Hall–Kier alpha value is -4.26. The van der Waals surface area contributed by atoms with Crippen molar-refractivity contribution in [3.8, 4) is 11.8 Å². The number of benzene rings is 3. The minimum atomic E-state index is -1.01. The van der Waals surface area contributed by atoms with Crippen LogP contribution in [0.4, 0.5) is 15.8 Å². The second-order valence-corrected chi connectivity index (χ2v) is 10.3. The van der Waals surface area contributed by atoms with Crippen LogP contribution in [0.2, 0.25) is 5.02 Å². The Labute approximate surface area is 241 Å². The van der Waals surface area contributed by atoms with Crippen LogP contribution in [0.15, 0.2) is 88.6 Å². The fraction of sp³-hybridized carbons (Fsp3) is 0.167. The first-order chi connectivity index (χ1) is 19.2. The van der Waals surface area contributed by atoms with E-state index < -0.39 is 17.6 Å². The molecule has 3 N–H and O–H groups in total. The van der Waals surface area contributed by atoms with E-state index >= 15 is 4.39 Å². The standard InChI is InChI=1S/C30H26ClFN4O3S/c1-17-12-13-19(14-22(17)31)35-26(37)16-40-30-21(15-33)28(20-8-4-5-9-23(20)32)27(18(2)34-30)29(38)36-24-10-6-7-11-25(24)39-3/h4-14,28,34H,16H2,1-3H3,(H,35,37)(H,36,38)/t28-/m0/s1. The van der Waals surface area contributed by atoms with Crippen molar-refractivity contribution >= 4 is 46.6 Å². The van der Waals surface area contributed by atoms with Crippen LogP contribution in [-0.4, -0.2) is 24.7 Å². The van der Waals surface area contributed by atoms with Crippen molar-refractivity contribution in [3.05, 3.63) is 111 Å². The molecule has 0 aliphatic carbocycles. The van der Waals surface area contributed by atoms with Gasteiger partial charge in [0.05, 0.1) is 41.1 Å². The van der Waals surface area contributed by atoms with Crippen LogP contribution in [-0.2, 0) is 9.59 Å². The van der Waals surface area contributed by atoms with Crippen molar-refractivity contribution in [3.63, 3.8) is 0 Å². The molecular weight excluding hydrogens is 551 g/mol. The van der Waals surface area contributed by atoms with Crippen molar-refractivity contribution in [2.24, 2.45) is 0 Å². The van der Waals surface area contributed by atoms with Gasteiger partial charge in [0.25, 0.3) is 5.91 Å². The summed E-state index contributed by atoms with van der Waals surface area (Å²) in [6.45, 7) is 3.54. The number of carbonyl (C=O) groups is 2. The average molecular weight is 577 g/mol. The number of thioether (sulfide) groups is 1. The molecule has 1 heterocycles. The summed E-state index contributed by atoms with van der Waals surface area (Å²) in [7, 11) is 1.49. The van der Waals surface area contributed by atoms with Crippen LogP contribution in [0.3, 0.4) is 0 Å². The van der Waals surface area contributed by atoms with Gasteiger partial charge >= 0.3 is 0 Å². The van der Waals surface area contributed by atoms with Crippen LogP contribution in [0, 0.1) is 24.1 Å². The third-order valence-corrected chi connectivity index (χ3v) is 7.69. The number of nitrogens with one attached hydrogen (secondary N) is 3. The second kappa shape index (κ2) is 12.7. The SMILES string of the molecule is COc1ccccc1NC(=O)C1=C(C)NC(SCC(=O)Nc2ccc(C)c(Cl)c2)=C(C#N)[C@@H]1c1ccccc1F. The lowest BCUT2D eigenvalue weighted by atomic mass is 9.82. The number of ether oxygens (including phenoxy) is 1. The van der Waals surface area contributed by atoms with Gasteiger partial charge in [0.2, 0.25) is 5.91 Å². The lowest BCUT2D eigenvalue weighted by Gasteiger charge is -2.30. The van der Waals surface area contributed by atoms with Gasteiger partial charge in [0.15, 0.2) is 0 Å². The number of carbonyl (C=O) groups excluding carboxylic acids is 2. The Balaban J connectivity index is 1.65. The first-order valence-corrected chi connectivity index (χ1v) is 13.6. The molecule has 40 heavy (non-hydrogen) atoms. The van der Waals surface area contributed by atoms with E-state index in [0.717, 1.165) is 17.3 Å². The number of amides is 2. The van der Waals surface area contributed by atoms with Crippen LogP contribution >= 0.6 is 23.4 Å². The molecule has 0 spiro atoms. The van der Waals surface area contributed by atoms with E-state index in [4.69, 9.17) is 16.3 Å². The summed E-state index contributed by atoms with van der Waals surface area (Å²) in [5.41, 5.74) is 2.75. The molecule has 0 saturated heterocycles. The molecule has 0 fully saturated rings. The molecule has 3 aromatic rings. The zero-order valence-electron chi connectivity index (χ0n) is 22.0. The first-order valence-electron chi connectivity index (χ1n) is 12.2. The topological polar surface area (TPSA) is 103 Å². The summed E-state index contributed by atoms with van der Waals surface area (Å²) in [6.07, 6.45) is 0. The van der Waals surface area contributed by atoms with Gasteiger partial charge in [-0.3, -0.25) is 9.59 Å². The minimum absolute atomic E-state index is 0.0426. The fourth-order valence-corrected chi connectivity index (χ4v) is 5.36. The molecule has 0 unspecified atom stereocenters. The van der Waals surface area contributed by atoms with Gasteiger partial charge in [0.1, 0.15) is 11.6 Å². The zero-order valence-corrected chi connectivity index (χ0v) is 23.5. The van der Waals surface area contributed by atoms with Gasteiger partial charge in [-0.2, -0.15) is 5.26 Å². The minimum Gasteiger partial charge on any atom is -0.495 e. The Morgan fingerprint density at radius 1 is 1.10 bits per heavy atom. The maximum Gasteiger partial charge on any atom is 0.254 e. The molecule has 1 aliphatic rings. The first kappa shape index (κ1) is 28.7. The number of hydrogen-bond acceptors (Lipinski definition) is 6. The highest BCUT2D eigenvalue weighted by molar-refractivity contribution is 8.03. The van der Waals surface area contributed by atoms with Crippen LogP contribution < -0.4 is 20.7 Å². The van der Waals surface area contributed by atoms with Gasteiger partial charge in [-0.25, -0.2) is 4.39 Å². The Bertz CT molecular complexity index is 1580. The number of hydrogen-bond donors (Lipinski definition) is 3. The van der Waals surface area contributed by atoms with Crippen molar-refractivity contribution in [2.45, 2.75) is 19.8 Å². The van der Waals surface area contributed by atoms with E-state index in [1.165, 1.54) is 19.2 Å². The number of anilines is 2. The van der Waals surface area contributed by atoms with Crippen molar-refractivity contribution in [1.82, 2.24) is 5.32 Å². The predicted molar refractivity (Wildman–Crippen MR) is 157 cm³/mol. The number of rotatable bonds is 8. The molecule has 0 bridgehead atoms. The number of nitriles is 1. The summed E-state index contributed by atoms with van der Waals surface area (Å²) < 4.78 is 20.5. The van der Waals surface area contributed by atoms with Crippen molar-refractivity contribution < 1.29 is 18.7 Å². The molecule has 4 rings (SSSR count). The highest BCUT2D eigenvalue weighted by Gasteiger charge is 2.36. The summed E-state index contributed by atoms with van der Waals surface area (Å²) >= 11 is 7.25. The number of aryl methyl sites for hydroxylation is 1. The zero-order chi connectivity index (χ0) is 28.8. The summed E-state index contributed by atoms with van der Waals surface area (Å²) in [6, 6.07) is 20.3. The highest BCUT2D eigenvalue weighted by atomic mass is 35.5. The highest BCUT2D eigenvalue weighted by Crippen LogP contribution is 2.42. The average Bonchev–Trinajstić information content (AvgIpc) is 2.94. The predicted octanol–water partition coefficient (Wildman–Crippen LogP) is 6.50. The van der Waals surface area contributed by atoms with Crippen molar-refractivity contribution in [2.75, 3.05) is 23.5 Å². The van der Waals surface area contributed by atoms with Crippen molar-refractivity contribution in [1.29, 1.82) is 5.26 Å². The van der Waals surface area contributed by atoms with Gasteiger partial charge in [-0.15, -0.1) is 0 Å². The van der Waals surface area contributed by atoms with Gasteiger partial charge in [-0.05, 0) is 49.7 Å². The van der Waals surface area contributed by atoms with E-state index in [1.807, 2.05) is 6.92 Å². The number of methoxy groups -OCH3 is 1. The largest absolute Gasteiger partial charge is 0.495 e. The molecule has 1 atom stereocenters. The fourth-order valence-electron chi connectivity index (χ4n) is 4.29. The monoisotopic (exact) mass is 576 g/mol. The second-order valence-electron chi connectivity index (χ2n) is 8.93. The number of para-hydroxylation sites is 2. The lowest BCUT2D eigenvalue weighted by molar-refractivity contribution is -0.114. The molecule has 2 amide bonds. The molecule has 10 heteroatoms. The summed E-state index contributed by atoms with van der Waals surface area (Å²) in [5.74, 6) is -2.00. The number of halogens is 2. The van der Waals surface area contributed by atoms with E-state index in [2.05, 4.69) is 22.0 Å². The third-order valence-electron chi connectivity index (χ3n) is 6.27. The van der Waals surface area contributed by atoms with Gasteiger partial charge < -0.3 is 20.7 Å². The summed E-state index contributed by atoms with van der Waals surface area (Å²) in [4.78, 5) is 26.3. The number of nitrogens with zero attached hydrogens (tertiary/aromatic N) is 1. The molecule has 3 aromatic carbocycles. The Morgan fingerprint density at radius 3 is 2.52 bits per heavy atom. The number of allylic oxidation sites excluding steroid dienone is 2. The Kier molecular flexibility index (Phi) is 9.15. The maximum absolute atomic E-state index is 15.1. The van der Waals surface area contributed by atoms with Crippen LogP contribution in [0.25, 0.3) is 0 Å². The van der Waals surface area contributed by atoms with Crippen LogP contribution in [0.1, 0.15) is 24.0 Å². The maximum atomic E-state index is 15.1. The molecule has 0 radical (unpaired) electrons. The smallest absolute Gasteiger partial charge is 0.254 e. The van der Waals surface area contributed by atoms with E-state index in [9.17, 15) is 14.9 Å². The summed E-state index contributed by atoms with van der Waals surface area (Å²) in [5, 5.41) is 19.8. The molecule has 0 aromatic heterocycles. The molecule has 1 aliphatic heterocycles. The van der Waals surface area contributed by atoms with Gasteiger partial charge in [-0.1, -0.05) is 59.8 Å².